The van der Waals surface area contributed by atoms with Gasteiger partial charge >= 0.3 is 5.97 Å². The molecule has 3 aromatic heterocycles. The number of hydrogen-bond donors (Lipinski definition) is 2. The lowest BCUT2D eigenvalue weighted by Gasteiger charge is -2.14. The summed E-state index contributed by atoms with van der Waals surface area (Å²) in [6.45, 7) is 1.74. The maximum atomic E-state index is 12.9. The van der Waals surface area contributed by atoms with Crippen molar-refractivity contribution in [2.45, 2.75) is 43.0 Å². The summed E-state index contributed by atoms with van der Waals surface area (Å²) in [5.74, 6) is -1.35. The van der Waals surface area contributed by atoms with Crippen LogP contribution < -0.4 is 4.72 Å². The summed E-state index contributed by atoms with van der Waals surface area (Å²) in [5, 5.41) is 15.7. The van der Waals surface area contributed by atoms with Gasteiger partial charge in [-0.15, -0.1) is 10.2 Å². The minimum Gasteiger partial charge on any atom is -0.481 e. The average Bonchev–Trinajstić information content (AvgIpc) is 3.09. The van der Waals surface area contributed by atoms with Gasteiger partial charge in [-0.25, -0.2) is 26.9 Å². The lowest BCUT2D eigenvalue weighted by atomic mass is 10.1. The van der Waals surface area contributed by atoms with Gasteiger partial charge < -0.3 is 5.11 Å². The molecule has 0 spiro atoms. The number of rotatable bonds is 8. The van der Waals surface area contributed by atoms with E-state index in [4.69, 9.17) is 0 Å². The van der Waals surface area contributed by atoms with Gasteiger partial charge in [0.15, 0.2) is 22.1 Å². The molecule has 10 nitrogen and oxygen atoms in total. The molecule has 1 aliphatic carbocycles. The van der Waals surface area contributed by atoms with Crippen molar-refractivity contribution in [1.82, 2.24) is 24.3 Å². The van der Waals surface area contributed by atoms with Crippen molar-refractivity contribution in [3.63, 3.8) is 0 Å². The Hall–Kier alpha value is -2.84. The van der Waals surface area contributed by atoms with Gasteiger partial charge in [-0.05, 0) is 31.4 Å². The summed E-state index contributed by atoms with van der Waals surface area (Å²) in [6, 6.07) is 1.17. The van der Waals surface area contributed by atoms with Gasteiger partial charge in [0.25, 0.3) is 6.43 Å². The van der Waals surface area contributed by atoms with Crippen LogP contribution in [0.4, 0.5) is 8.78 Å². The number of nitrogens with zero attached hydrogens (tertiary/aromatic N) is 4. The third-order valence-corrected chi connectivity index (χ3v) is 7.31. The van der Waals surface area contributed by atoms with E-state index >= 15 is 0 Å². The molecular weight excluding hydrogens is 456 g/mol. The number of hydrogen-bond acceptors (Lipinski definition) is 8. The van der Waals surface area contributed by atoms with Crippen LogP contribution in [-0.4, -0.2) is 50.9 Å². The Bertz CT molecular complexity index is 1310. The van der Waals surface area contributed by atoms with Crippen molar-refractivity contribution < 1.29 is 31.9 Å². The Balaban J connectivity index is 1.96. The molecule has 4 rings (SSSR count). The number of carboxylic acid groups (broad SMARTS) is 1. The third-order valence-electron chi connectivity index (χ3n) is 4.78. The van der Waals surface area contributed by atoms with E-state index in [0.29, 0.717) is 30.5 Å². The minimum absolute atomic E-state index is 0.0239. The van der Waals surface area contributed by atoms with E-state index in [1.807, 2.05) is 0 Å². The quantitative estimate of drug-likeness (QED) is 0.475. The maximum absolute atomic E-state index is 12.9. The summed E-state index contributed by atoms with van der Waals surface area (Å²) >= 11 is 0.533. The summed E-state index contributed by atoms with van der Waals surface area (Å²) in [6.07, 6.45) is -0.615. The van der Waals surface area contributed by atoms with E-state index in [-0.39, 0.29) is 32.5 Å². The van der Waals surface area contributed by atoms with Gasteiger partial charge in [-0.3, -0.25) is 14.0 Å². The molecule has 1 aliphatic rings. The Morgan fingerprint density at radius 3 is 2.68 bits per heavy atom. The first-order valence-corrected chi connectivity index (χ1v) is 11.2. The number of alkyl halides is 2. The lowest BCUT2D eigenvalue weighted by Crippen LogP contribution is -2.34. The molecule has 14 heteroatoms. The molecule has 0 saturated heterocycles. The summed E-state index contributed by atoms with van der Waals surface area (Å²) in [5.41, 5.74) is -0.683. The fourth-order valence-corrected chi connectivity index (χ4v) is 5.26. The second kappa shape index (κ2) is 7.39. The van der Waals surface area contributed by atoms with Gasteiger partial charge in [0.2, 0.25) is 10.0 Å². The fraction of sp³-hybridized carbons (Fsp3) is 0.353. The zero-order valence-corrected chi connectivity index (χ0v) is 17.5. The van der Waals surface area contributed by atoms with Gasteiger partial charge in [0.1, 0.15) is 5.69 Å². The highest BCUT2D eigenvalue weighted by molar-refractivity contribution is 7.89. The largest absolute Gasteiger partial charge is 0.481 e. The molecule has 1 fully saturated rings. The molecule has 3 heterocycles. The number of sulfonamides is 1. The van der Waals surface area contributed by atoms with Crippen molar-refractivity contribution in [3.8, 4) is 10.8 Å². The number of carboxylic acids is 1. The molecule has 0 aliphatic heterocycles. The fourth-order valence-electron chi connectivity index (χ4n) is 3.06. The van der Waals surface area contributed by atoms with Crippen molar-refractivity contribution in [2.75, 3.05) is 0 Å². The lowest BCUT2D eigenvalue weighted by molar-refractivity contribution is -0.136. The van der Waals surface area contributed by atoms with Crippen LogP contribution in [0.15, 0.2) is 17.2 Å². The number of carbonyl (C=O) groups excluding carboxylic acids is 1. The number of aldehydes is 1. The van der Waals surface area contributed by atoms with E-state index < -0.39 is 39.4 Å². The van der Waals surface area contributed by atoms with Crippen molar-refractivity contribution in [2.24, 2.45) is 0 Å². The van der Waals surface area contributed by atoms with Crippen LogP contribution >= 0.6 is 11.3 Å². The van der Waals surface area contributed by atoms with Crippen LogP contribution in [-0.2, 0) is 21.2 Å². The highest BCUT2D eigenvalue weighted by atomic mass is 32.2. The van der Waals surface area contributed by atoms with Crippen molar-refractivity contribution >= 4 is 39.1 Å². The Kier molecular flexibility index (Phi) is 5.10. The third kappa shape index (κ3) is 4.05. The van der Waals surface area contributed by atoms with Gasteiger partial charge in [0.05, 0.1) is 16.8 Å². The minimum atomic E-state index is -4.04. The highest BCUT2D eigenvalue weighted by Crippen LogP contribution is 2.37. The van der Waals surface area contributed by atoms with Gasteiger partial charge in [-0.2, -0.15) is 0 Å². The molecule has 0 bridgehead atoms. The van der Waals surface area contributed by atoms with E-state index in [9.17, 15) is 31.9 Å². The number of aliphatic carboxylic acids is 1. The molecule has 31 heavy (non-hydrogen) atoms. The number of halogens is 2. The van der Waals surface area contributed by atoms with Crippen LogP contribution in [0.3, 0.4) is 0 Å². The first-order valence-electron chi connectivity index (χ1n) is 8.91. The molecular formula is C17H15F2N5O5S2. The standard InChI is InChI=1S/C17H15F2N5O5S2/c1-17(2-3-17)23-31(28,29)9-4-8(5-11(26)27)12-10(7-25)20-14(24(12)6-9)16-22-21-15(30-16)13(18)19/h4,6-7,13,23H,2-3,5H2,1H3,(H,26,27). The molecule has 0 amide bonds. The molecule has 3 aromatic rings. The zero-order chi connectivity index (χ0) is 22.6. The van der Waals surface area contributed by atoms with E-state index in [1.165, 1.54) is 10.5 Å². The predicted octanol–water partition coefficient (Wildman–Crippen LogP) is 2.06. The first kappa shape index (κ1) is 21.4. The van der Waals surface area contributed by atoms with Crippen molar-refractivity contribution in [1.29, 1.82) is 0 Å². The van der Waals surface area contributed by atoms with E-state index in [1.54, 1.807) is 6.92 Å². The molecule has 164 valence electrons. The molecule has 0 atom stereocenters. The second-order valence-corrected chi connectivity index (χ2v) is 10.0. The maximum Gasteiger partial charge on any atom is 0.307 e. The number of aromatic nitrogens is 4. The van der Waals surface area contributed by atoms with Crippen LogP contribution in [0.25, 0.3) is 16.3 Å². The summed E-state index contributed by atoms with van der Waals surface area (Å²) in [4.78, 5) is 26.8. The van der Waals surface area contributed by atoms with Crippen LogP contribution in [0.1, 0.15) is 47.3 Å². The summed E-state index contributed by atoms with van der Waals surface area (Å²) < 4.78 is 55.4. The average molecular weight is 471 g/mol. The number of nitrogens with one attached hydrogen (secondary N) is 1. The first-order chi connectivity index (χ1) is 14.5. The zero-order valence-electron chi connectivity index (χ0n) is 15.9. The number of imidazole rings is 1. The summed E-state index contributed by atoms with van der Waals surface area (Å²) in [7, 11) is -4.04. The van der Waals surface area contributed by atoms with Gasteiger partial charge in [-0.1, -0.05) is 11.3 Å². The topological polar surface area (TPSA) is 144 Å². The number of pyridine rings is 1. The molecule has 0 unspecified atom stereocenters. The van der Waals surface area contributed by atoms with Crippen LogP contribution in [0, 0.1) is 0 Å². The predicted molar refractivity (Wildman–Crippen MR) is 104 cm³/mol. The molecule has 1 saturated carbocycles. The van der Waals surface area contributed by atoms with Crippen LogP contribution in [0.5, 0.6) is 0 Å². The van der Waals surface area contributed by atoms with Crippen molar-refractivity contribution in [3.05, 3.63) is 28.5 Å². The Labute approximate surface area is 178 Å². The van der Waals surface area contributed by atoms with Gasteiger partial charge in [0, 0.05) is 11.7 Å². The van der Waals surface area contributed by atoms with E-state index in [0.717, 1.165) is 6.20 Å². The molecule has 0 aromatic carbocycles. The second-order valence-electron chi connectivity index (χ2n) is 7.34. The van der Waals surface area contributed by atoms with Crippen LogP contribution in [0.2, 0.25) is 0 Å². The smallest absolute Gasteiger partial charge is 0.307 e. The SMILES string of the molecule is CC1(NS(=O)(=O)c2cc(CC(=O)O)c3c(C=O)nc(-c4nnc(C(F)F)s4)n3c2)CC1. The monoisotopic (exact) mass is 471 g/mol. The molecule has 0 radical (unpaired) electrons. The Morgan fingerprint density at radius 1 is 1.42 bits per heavy atom. The Morgan fingerprint density at radius 2 is 2.13 bits per heavy atom. The van der Waals surface area contributed by atoms with E-state index in [2.05, 4.69) is 19.9 Å². The normalized spacial score (nSPS) is 15.5. The molecule has 2 N–H and O–H groups in total. The highest BCUT2D eigenvalue weighted by Gasteiger charge is 2.41. The number of carbonyl (C=O) groups is 2. The number of fused-ring (bicyclic) bond motifs is 1.